The Morgan fingerprint density at radius 3 is 0.887 bits per heavy atom. The Kier molecular flexibility index (Phi) is 47.7. The number of aliphatic carboxylic acids is 2. The Bertz CT molecular complexity index is 824. The molecule has 24 heteroatoms. The zero-order valence-electron chi connectivity index (χ0n) is 30.5. The van der Waals surface area contributed by atoms with E-state index in [0.717, 1.165) is 103 Å². The first-order valence-corrected chi connectivity index (χ1v) is 20.0. The van der Waals surface area contributed by atoms with E-state index in [0.29, 0.717) is 42.7 Å². The van der Waals surface area contributed by atoms with Crippen molar-refractivity contribution in [2.45, 2.75) is 146 Å². The first-order valence-electron chi connectivity index (χ1n) is 17.1. The Balaban J connectivity index is -0.000000130. The SMILES string of the molecule is CCN(CC)CCCCC(C(=O)O)C(=O)O.N[C@H]1CC[C@@H](N)CC1.N[C@H]1CC[C@@H](N)CC1.N[C@H]1CC[C@@H](N)CC1.O=P([O-])([O-])[O-].O=P([O-])([O-])[O-].[Pt+2].[Pt+2].[Pt+2]. The van der Waals surface area contributed by atoms with Gasteiger partial charge in [-0.3, -0.25) is 9.59 Å². The molecular weight excluding hydrogens is 1290 g/mol. The van der Waals surface area contributed by atoms with Crippen molar-refractivity contribution in [1.82, 2.24) is 4.90 Å². The van der Waals surface area contributed by atoms with Gasteiger partial charge in [-0.1, -0.05) is 20.3 Å². The summed E-state index contributed by atoms with van der Waals surface area (Å²) < 4.78 is 17.1. The smallest absolute Gasteiger partial charge is 0.822 e. The van der Waals surface area contributed by atoms with Crippen molar-refractivity contribution >= 4 is 27.6 Å². The topological polar surface area (TPSA) is 406 Å². The van der Waals surface area contributed by atoms with Crippen molar-refractivity contribution < 1.29 is 121 Å². The van der Waals surface area contributed by atoms with Gasteiger partial charge in [-0.05, 0) is 110 Å². The molecule has 3 rings (SSSR count). The fourth-order valence-electron chi connectivity index (χ4n) is 5.01. The van der Waals surface area contributed by atoms with Crippen molar-refractivity contribution in [2.75, 3.05) is 19.6 Å². The van der Waals surface area contributed by atoms with E-state index in [9.17, 15) is 9.59 Å². The molecular formula is C29H63N7O12P2Pt3. The fourth-order valence-corrected chi connectivity index (χ4v) is 5.01. The summed E-state index contributed by atoms with van der Waals surface area (Å²) in [7, 11) is -10.8. The number of phosphoric acid groups is 2. The predicted molar refractivity (Wildman–Crippen MR) is 179 cm³/mol. The summed E-state index contributed by atoms with van der Waals surface area (Å²) in [6.45, 7) is 6.98. The Hall–Kier alpha value is 0.945. The van der Waals surface area contributed by atoms with Crippen molar-refractivity contribution in [3.63, 3.8) is 0 Å². The van der Waals surface area contributed by atoms with Gasteiger partial charge in [0.1, 0.15) is 0 Å². The van der Waals surface area contributed by atoms with Gasteiger partial charge in [0.2, 0.25) is 0 Å². The normalized spacial score (nSPS) is 23.5. The molecule has 0 saturated heterocycles. The Labute approximate surface area is 358 Å². The van der Waals surface area contributed by atoms with Crippen molar-refractivity contribution in [3.8, 4) is 0 Å². The van der Waals surface area contributed by atoms with E-state index >= 15 is 0 Å². The van der Waals surface area contributed by atoms with Crippen LogP contribution in [-0.4, -0.2) is 82.9 Å². The predicted octanol–water partition coefficient (Wildman–Crippen LogP) is -3.73. The molecule has 3 fully saturated rings. The van der Waals surface area contributed by atoms with Crippen LogP contribution in [0.4, 0.5) is 0 Å². The van der Waals surface area contributed by atoms with Gasteiger partial charge in [-0.2, -0.15) is 15.6 Å². The monoisotopic (exact) mass is 1350 g/mol. The first kappa shape index (κ1) is 65.8. The molecule has 0 radical (unpaired) electrons. The molecule has 0 aromatic heterocycles. The second-order valence-corrected chi connectivity index (χ2v) is 14.5. The third-order valence-electron chi connectivity index (χ3n) is 8.16. The number of hydrogen-bond acceptors (Lipinski definition) is 17. The molecule has 3 aliphatic carbocycles. The van der Waals surface area contributed by atoms with E-state index < -0.39 is 33.5 Å². The molecule has 0 aromatic rings. The number of hydrogen-bond donors (Lipinski definition) is 8. The van der Waals surface area contributed by atoms with Crippen LogP contribution in [0, 0.1) is 5.92 Å². The third-order valence-corrected chi connectivity index (χ3v) is 8.16. The van der Waals surface area contributed by atoms with Gasteiger partial charge in [-0.15, -0.1) is 0 Å². The van der Waals surface area contributed by atoms with Gasteiger partial charge < -0.3 is 88.0 Å². The maximum atomic E-state index is 10.6. The van der Waals surface area contributed by atoms with E-state index in [1.54, 1.807) is 0 Å². The van der Waals surface area contributed by atoms with Crippen LogP contribution < -0.4 is 63.8 Å². The molecule has 14 N–H and O–H groups in total. The zero-order valence-corrected chi connectivity index (χ0v) is 39.1. The van der Waals surface area contributed by atoms with E-state index in [-0.39, 0.29) is 69.6 Å². The van der Waals surface area contributed by atoms with Crippen molar-refractivity contribution in [2.24, 2.45) is 40.3 Å². The molecule has 3 saturated carbocycles. The standard InChI is InChI=1S/C11H21NO4.3C6H14N2.2H3O4P.3Pt/c1-3-12(4-2)8-6-5-7-9(10(13)14)11(15)16;3*7-5-1-2-6(8)4-3-5;2*1-5(2,3)4;;;/h9H,3-8H2,1-2H3,(H,13,14)(H,15,16);3*5-6H,1-4,7-8H2;2*(H3,1,2,3,4);;;/q;;;;;;3*+2/p-6/t;3*5-,6+;;;;;. The van der Waals surface area contributed by atoms with Gasteiger partial charge >= 0.3 is 75.1 Å². The van der Waals surface area contributed by atoms with Crippen LogP contribution in [0.15, 0.2) is 0 Å². The summed E-state index contributed by atoms with van der Waals surface area (Å²) in [4.78, 5) is 74.7. The van der Waals surface area contributed by atoms with E-state index in [2.05, 4.69) is 18.7 Å². The number of nitrogens with zero attached hydrogens (tertiary/aromatic N) is 1. The molecule has 0 bridgehead atoms. The number of carboxylic acids is 2. The molecule has 0 unspecified atom stereocenters. The minimum Gasteiger partial charge on any atom is -0.822 e. The van der Waals surface area contributed by atoms with Gasteiger partial charge in [0.15, 0.2) is 5.92 Å². The molecule has 0 heterocycles. The van der Waals surface area contributed by atoms with Crippen molar-refractivity contribution in [3.05, 3.63) is 0 Å². The van der Waals surface area contributed by atoms with E-state index in [1.807, 2.05) is 0 Å². The number of carbonyl (C=O) groups is 2. The molecule has 0 spiro atoms. The van der Waals surface area contributed by atoms with Crippen LogP contribution >= 0.6 is 15.6 Å². The fraction of sp³-hybridized carbons (Fsp3) is 0.931. The van der Waals surface area contributed by atoms with Crippen LogP contribution in [0.5, 0.6) is 0 Å². The summed E-state index contributed by atoms with van der Waals surface area (Å²) in [5.74, 6) is -3.73. The van der Waals surface area contributed by atoms with E-state index in [4.69, 9.17) is 83.1 Å². The molecule has 0 aromatic carbocycles. The minimum atomic E-state index is -5.39. The summed E-state index contributed by atoms with van der Waals surface area (Å²) in [6, 6.07) is 2.64. The largest absolute Gasteiger partial charge is 2.00 e. The van der Waals surface area contributed by atoms with Gasteiger partial charge in [-0.25, -0.2) is 0 Å². The van der Waals surface area contributed by atoms with Crippen LogP contribution in [0.2, 0.25) is 0 Å². The van der Waals surface area contributed by atoms with Crippen molar-refractivity contribution in [1.29, 1.82) is 0 Å². The van der Waals surface area contributed by atoms with Crippen LogP contribution in [0.25, 0.3) is 0 Å². The van der Waals surface area contributed by atoms with Gasteiger partial charge in [0.25, 0.3) is 0 Å². The average Bonchev–Trinajstić information content (AvgIpc) is 2.98. The molecule has 0 aliphatic heterocycles. The number of nitrogens with two attached hydrogens (primary N) is 6. The summed E-state index contributed by atoms with van der Waals surface area (Å²) >= 11 is 0. The molecule has 19 nitrogen and oxygen atoms in total. The van der Waals surface area contributed by atoms with E-state index in [1.165, 1.54) is 0 Å². The second kappa shape index (κ2) is 38.5. The summed E-state index contributed by atoms with van der Waals surface area (Å²) in [6.07, 6.45) is 15.2. The second-order valence-electron chi connectivity index (χ2n) is 12.7. The quantitative estimate of drug-likeness (QED) is 0.0625. The van der Waals surface area contributed by atoms with Crippen LogP contribution in [-0.2, 0) is 81.9 Å². The molecule has 326 valence electrons. The number of carboxylic acid groups (broad SMARTS) is 2. The molecule has 53 heavy (non-hydrogen) atoms. The molecule has 0 atom stereocenters. The average molecular weight is 1350 g/mol. The van der Waals surface area contributed by atoms with Gasteiger partial charge in [0.05, 0.1) is 0 Å². The zero-order chi connectivity index (χ0) is 39.5. The molecule has 0 amide bonds. The minimum absolute atomic E-state index is 0. The maximum Gasteiger partial charge on any atom is 2.00 e. The third kappa shape index (κ3) is 55.1. The molecule has 3 aliphatic rings. The Morgan fingerprint density at radius 2 is 0.736 bits per heavy atom. The van der Waals surface area contributed by atoms with Gasteiger partial charge in [0, 0.05) is 36.3 Å². The summed E-state index contributed by atoms with van der Waals surface area (Å²) in [5.41, 5.74) is 33.8. The number of unbranched alkanes of at least 4 members (excludes halogenated alkanes) is 1. The summed E-state index contributed by atoms with van der Waals surface area (Å²) in [5, 5.41) is 17.3. The number of rotatable bonds is 9. The maximum absolute atomic E-state index is 10.6. The van der Waals surface area contributed by atoms with Crippen LogP contribution in [0.1, 0.15) is 110 Å². The Morgan fingerprint density at radius 1 is 0.547 bits per heavy atom. The first-order chi connectivity index (χ1) is 22.9. The van der Waals surface area contributed by atoms with Crippen LogP contribution in [0.3, 0.4) is 0 Å².